The van der Waals surface area contributed by atoms with Crippen LogP contribution in [0.3, 0.4) is 0 Å². The molecule has 29 heavy (non-hydrogen) atoms. The van der Waals surface area contributed by atoms with Crippen LogP contribution in [-0.4, -0.2) is 37.4 Å². The Morgan fingerprint density at radius 3 is 2.31 bits per heavy atom. The van der Waals surface area contributed by atoms with Crippen LogP contribution in [-0.2, 0) is 24.4 Å². The van der Waals surface area contributed by atoms with Crippen LogP contribution in [0.15, 0.2) is 47.6 Å². The van der Waals surface area contributed by atoms with E-state index < -0.39 is 12.8 Å². The van der Waals surface area contributed by atoms with Crippen LogP contribution in [0.1, 0.15) is 23.6 Å². The zero-order valence-corrected chi connectivity index (χ0v) is 16.4. The molecule has 0 radical (unpaired) electrons. The minimum atomic E-state index is -4.31. The maximum atomic E-state index is 12.1. The maximum absolute atomic E-state index is 12.1. The molecular weight excluding hydrogens is 385 g/mol. The highest BCUT2D eigenvalue weighted by Gasteiger charge is 2.27. The highest BCUT2D eigenvalue weighted by molar-refractivity contribution is 5.79. The van der Waals surface area contributed by atoms with Crippen molar-refractivity contribution < 1.29 is 22.6 Å². The van der Waals surface area contributed by atoms with Gasteiger partial charge in [0.1, 0.15) is 6.61 Å². The van der Waals surface area contributed by atoms with Gasteiger partial charge >= 0.3 is 6.18 Å². The minimum Gasteiger partial charge on any atom is -0.478 e. The fourth-order valence-corrected chi connectivity index (χ4v) is 2.42. The molecule has 1 aromatic carbocycles. The van der Waals surface area contributed by atoms with E-state index in [0.29, 0.717) is 37.1 Å². The Balaban J connectivity index is 1.78. The molecule has 0 aliphatic heterocycles. The summed E-state index contributed by atoms with van der Waals surface area (Å²) >= 11 is 0. The number of pyridine rings is 1. The van der Waals surface area contributed by atoms with Crippen LogP contribution >= 0.6 is 0 Å². The first-order valence-corrected chi connectivity index (χ1v) is 9.14. The molecule has 0 saturated carbocycles. The number of halogens is 3. The molecule has 0 amide bonds. The third-order valence-electron chi connectivity index (χ3n) is 3.79. The molecule has 0 fully saturated rings. The molecule has 6 nitrogen and oxygen atoms in total. The Bertz CT molecular complexity index is 780. The van der Waals surface area contributed by atoms with Crippen molar-refractivity contribution in [1.82, 2.24) is 15.6 Å². The molecule has 0 aliphatic rings. The van der Waals surface area contributed by atoms with Crippen LogP contribution in [0.4, 0.5) is 13.2 Å². The van der Waals surface area contributed by atoms with E-state index in [1.165, 1.54) is 0 Å². The number of nitrogens with one attached hydrogen (secondary N) is 2. The van der Waals surface area contributed by atoms with Crippen molar-refractivity contribution in [3.8, 4) is 5.88 Å². The van der Waals surface area contributed by atoms with Crippen molar-refractivity contribution >= 4 is 5.96 Å². The minimum absolute atomic E-state index is 0.0773. The highest BCUT2D eigenvalue weighted by Crippen LogP contribution is 2.16. The van der Waals surface area contributed by atoms with E-state index in [1.54, 1.807) is 25.4 Å². The first-order chi connectivity index (χ1) is 13.9. The predicted octanol–water partition coefficient (Wildman–Crippen LogP) is 3.42. The number of benzene rings is 1. The molecule has 0 unspecified atom stereocenters. The van der Waals surface area contributed by atoms with Gasteiger partial charge in [-0.25, -0.2) is 4.98 Å². The molecule has 0 bridgehead atoms. The summed E-state index contributed by atoms with van der Waals surface area (Å²) in [4.78, 5) is 8.31. The molecule has 0 saturated heterocycles. The SMILES string of the molecule is CCOc1cc(CNC(=NC)NCc2ccc(COCC(F)(F)F)cc2)ccn1. The van der Waals surface area contributed by atoms with Crippen LogP contribution in [0.2, 0.25) is 0 Å². The van der Waals surface area contributed by atoms with Gasteiger partial charge < -0.3 is 20.1 Å². The lowest BCUT2D eigenvalue weighted by atomic mass is 10.1. The van der Waals surface area contributed by atoms with Gasteiger partial charge in [-0.05, 0) is 29.7 Å². The first-order valence-electron chi connectivity index (χ1n) is 9.14. The summed E-state index contributed by atoms with van der Waals surface area (Å²) in [5.74, 6) is 1.20. The molecule has 2 N–H and O–H groups in total. The molecule has 1 heterocycles. The first kappa shape index (κ1) is 22.5. The summed E-state index contributed by atoms with van der Waals surface area (Å²) in [7, 11) is 1.68. The number of ether oxygens (including phenoxy) is 2. The van der Waals surface area contributed by atoms with E-state index in [9.17, 15) is 13.2 Å². The summed E-state index contributed by atoms with van der Waals surface area (Å²) in [5, 5.41) is 6.40. The fourth-order valence-electron chi connectivity index (χ4n) is 2.42. The van der Waals surface area contributed by atoms with Crippen LogP contribution < -0.4 is 15.4 Å². The normalized spacial score (nSPS) is 12.0. The van der Waals surface area contributed by atoms with Crippen LogP contribution in [0.5, 0.6) is 5.88 Å². The van der Waals surface area contributed by atoms with Crippen molar-refractivity contribution in [3.05, 3.63) is 59.3 Å². The second kappa shape index (κ2) is 11.3. The van der Waals surface area contributed by atoms with Crippen LogP contribution in [0.25, 0.3) is 0 Å². The maximum Gasteiger partial charge on any atom is 0.411 e. The van der Waals surface area contributed by atoms with Crippen molar-refractivity contribution in [1.29, 1.82) is 0 Å². The molecule has 158 valence electrons. The lowest BCUT2D eigenvalue weighted by molar-refractivity contribution is -0.176. The van der Waals surface area contributed by atoms with Gasteiger partial charge in [0.05, 0.1) is 13.2 Å². The Hall–Kier alpha value is -2.81. The van der Waals surface area contributed by atoms with Crippen LogP contribution in [0, 0.1) is 0 Å². The Kier molecular flexibility index (Phi) is 8.72. The van der Waals surface area contributed by atoms with Gasteiger partial charge in [-0.3, -0.25) is 4.99 Å². The largest absolute Gasteiger partial charge is 0.478 e. The van der Waals surface area contributed by atoms with Gasteiger partial charge in [-0.15, -0.1) is 0 Å². The average Bonchev–Trinajstić information content (AvgIpc) is 2.69. The van der Waals surface area contributed by atoms with Crippen molar-refractivity contribution in [3.63, 3.8) is 0 Å². The number of alkyl halides is 3. The number of rotatable bonds is 9. The zero-order valence-electron chi connectivity index (χ0n) is 16.4. The number of aromatic nitrogens is 1. The molecule has 0 spiro atoms. The van der Waals surface area contributed by atoms with E-state index in [-0.39, 0.29) is 6.61 Å². The van der Waals surface area contributed by atoms with Crippen molar-refractivity contribution in [2.45, 2.75) is 32.8 Å². The quantitative estimate of drug-likeness (QED) is 0.490. The summed E-state index contributed by atoms with van der Waals surface area (Å²) in [6.45, 7) is 2.20. The summed E-state index contributed by atoms with van der Waals surface area (Å²) in [6.07, 6.45) is -2.62. The standard InChI is InChI=1S/C20H25F3N4O2/c1-3-29-18-10-17(8-9-25-18)12-27-19(24-2)26-11-15-4-6-16(7-5-15)13-28-14-20(21,22)23/h4-10H,3,11-14H2,1-2H3,(H2,24,26,27). The molecule has 1 aromatic heterocycles. The Labute approximate surface area is 168 Å². The molecule has 0 aliphatic carbocycles. The van der Waals surface area contributed by atoms with Gasteiger partial charge in [0.15, 0.2) is 5.96 Å². The molecule has 2 aromatic rings. The highest BCUT2D eigenvalue weighted by atomic mass is 19.4. The Morgan fingerprint density at radius 1 is 1.03 bits per heavy atom. The lowest BCUT2D eigenvalue weighted by Crippen LogP contribution is -2.36. The second-order valence-corrected chi connectivity index (χ2v) is 6.14. The predicted molar refractivity (Wildman–Crippen MR) is 105 cm³/mol. The topological polar surface area (TPSA) is 67.8 Å². The van der Waals surface area contributed by atoms with Gasteiger partial charge in [0.2, 0.25) is 5.88 Å². The van der Waals surface area contributed by atoms with Crippen molar-refractivity contribution in [2.24, 2.45) is 4.99 Å². The van der Waals surface area contributed by atoms with E-state index >= 15 is 0 Å². The fraction of sp³-hybridized carbons (Fsp3) is 0.400. The molecular formula is C20H25F3N4O2. The zero-order chi connectivity index (χ0) is 21.1. The molecule has 2 rings (SSSR count). The van der Waals surface area contributed by atoms with E-state index in [2.05, 4.69) is 25.3 Å². The second-order valence-electron chi connectivity index (χ2n) is 6.14. The van der Waals surface area contributed by atoms with E-state index in [0.717, 1.165) is 11.1 Å². The third-order valence-corrected chi connectivity index (χ3v) is 3.79. The molecule has 9 heteroatoms. The van der Waals surface area contributed by atoms with Gasteiger partial charge in [-0.2, -0.15) is 13.2 Å². The monoisotopic (exact) mass is 410 g/mol. The average molecular weight is 410 g/mol. The van der Waals surface area contributed by atoms with Gasteiger partial charge in [-0.1, -0.05) is 24.3 Å². The number of guanidine groups is 1. The van der Waals surface area contributed by atoms with E-state index in [4.69, 9.17) is 4.74 Å². The number of nitrogens with zero attached hydrogens (tertiary/aromatic N) is 2. The lowest BCUT2D eigenvalue weighted by Gasteiger charge is -2.13. The summed E-state index contributed by atoms with van der Waals surface area (Å²) in [6, 6.07) is 10.9. The summed E-state index contributed by atoms with van der Waals surface area (Å²) in [5.41, 5.74) is 2.66. The number of hydrogen-bond donors (Lipinski definition) is 2. The summed E-state index contributed by atoms with van der Waals surface area (Å²) < 4.78 is 46.3. The third kappa shape index (κ3) is 8.82. The van der Waals surface area contributed by atoms with Gasteiger partial charge in [0, 0.05) is 32.4 Å². The number of aliphatic imine (C=N–C) groups is 1. The smallest absolute Gasteiger partial charge is 0.411 e. The number of hydrogen-bond acceptors (Lipinski definition) is 4. The van der Waals surface area contributed by atoms with Crippen molar-refractivity contribution in [2.75, 3.05) is 20.3 Å². The Morgan fingerprint density at radius 2 is 1.69 bits per heavy atom. The van der Waals surface area contributed by atoms with Gasteiger partial charge in [0.25, 0.3) is 0 Å². The van der Waals surface area contributed by atoms with E-state index in [1.807, 2.05) is 31.2 Å². The molecule has 0 atom stereocenters.